The molecule has 0 atom stereocenters. The Hall–Kier alpha value is -2.10. The molecule has 1 aliphatic heterocycles. The number of amides is 1. The number of nitrogens with zero attached hydrogens (tertiary/aromatic N) is 1. The fraction of sp³-hybridized carbons (Fsp3) is 0.190. The molecule has 0 spiro atoms. The first-order valence-corrected chi connectivity index (χ1v) is 11.4. The maximum Gasteiger partial charge on any atom is 0.344 e. The molecular formula is C21H18Br2N2O4S. The van der Waals surface area contributed by atoms with Gasteiger partial charge in [-0.2, -0.15) is 0 Å². The summed E-state index contributed by atoms with van der Waals surface area (Å²) in [5, 5.41) is 3.31. The second-order valence-electron chi connectivity index (χ2n) is 6.22. The van der Waals surface area contributed by atoms with Crippen LogP contribution in [-0.2, 0) is 14.3 Å². The molecule has 30 heavy (non-hydrogen) atoms. The van der Waals surface area contributed by atoms with Gasteiger partial charge in [0.15, 0.2) is 11.8 Å². The van der Waals surface area contributed by atoms with Gasteiger partial charge in [-0.15, -0.1) is 0 Å². The molecule has 1 heterocycles. The van der Waals surface area contributed by atoms with E-state index in [-0.39, 0.29) is 12.5 Å². The number of nitrogens with one attached hydrogen (secondary N) is 1. The van der Waals surface area contributed by atoms with Crippen LogP contribution >= 0.6 is 43.6 Å². The fourth-order valence-electron chi connectivity index (χ4n) is 2.50. The molecule has 0 aromatic heterocycles. The van der Waals surface area contributed by atoms with E-state index in [0.717, 1.165) is 16.8 Å². The summed E-state index contributed by atoms with van der Waals surface area (Å²) in [6, 6.07) is 11.4. The van der Waals surface area contributed by atoms with Crippen LogP contribution in [0.15, 0.2) is 55.2 Å². The third-order valence-electron chi connectivity index (χ3n) is 3.87. The van der Waals surface area contributed by atoms with E-state index in [1.54, 1.807) is 25.1 Å². The molecule has 3 rings (SSSR count). The van der Waals surface area contributed by atoms with Gasteiger partial charge in [-0.25, -0.2) is 9.79 Å². The zero-order chi connectivity index (χ0) is 21.7. The highest BCUT2D eigenvalue weighted by atomic mass is 79.9. The van der Waals surface area contributed by atoms with Crippen molar-refractivity contribution in [3.8, 4) is 5.75 Å². The first-order valence-electron chi connectivity index (χ1n) is 8.99. The number of esters is 1. The van der Waals surface area contributed by atoms with Crippen LogP contribution in [0.5, 0.6) is 5.75 Å². The smallest absolute Gasteiger partial charge is 0.344 e. The first-order chi connectivity index (χ1) is 14.4. The summed E-state index contributed by atoms with van der Waals surface area (Å²) in [4.78, 5) is 28.8. The molecule has 0 radical (unpaired) electrons. The standard InChI is InChI=1S/C21H18Br2N2O4S/c1-3-28-18(26)11-29-19-15(22)8-13(9-16(19)23)10-17-20(27)25-21(30-17)24-14-6-4-12(2)5-7-14/h4-10H,3,11H2,1-2H3,(H,24,25,27). The molecule has 0 aliphatic carbocycles. The molecule has 156 valence electrons. The van der Waals surface area contributed by atoms with Gasteiger partial charge in [-0.3, -0.25) is 4.79 Å². The Balaban J connectivity index is 1.75. The van der Waals surface area contributed by atoms with Crippen LogP contribution in [-0.4, -0.2) is 30.3 Å². The van der Waals surface area contributed by atoms with Crippen LogP contribution in [0.25, 0.3) is 6.08 Å². The lowest BCUT2D eigenvalue weighted by Gasteiger charge is -2.11. The van der Waals surface area contributed by atoms with E-state index in [4.69, 9.17) is 9.47 Å². The molecule has 0 saturated carbocycles. The zero-order valence-corrected chi connectivity index (χ0v) is 20.2. The summed E-state index contributed by atoms with van der Waals surface area (Å²) in [5.41, 5.74) is 2.71. The lowest BCUT2D eigenvalue weighted by molar-refractivity contribution is -0.145. The van der Waals surface area contributed by atoms with Gasteiger partial charge in [0.1, 0.15) is 5.75 Å². The number of carbonyl (C=O) groups is 2. The number of thioether (sulfide) groups is 1. The molecule has 6 nitrogen and oxygen atoms in total. The molecule has 2 aromatic rings. The highest BCUT2D eigenvalue weighted by Gasteiger charge is 2.24. The van der Waals surface area contributed by atoms with Gasteiger partial charge >= 0.3 is 5.97 Å². The second-order valence-corrected chi connectivity index (χ2v) is 8.96. The van der Waals surface area contributed by atoms with Crippen molar-refractivity contribution in [3.05, 3.63) is 61.4 Å². The van der Waals surface area contributed by atoms with Crippen LogP contribution in [0.2, 0.25) is 0 Å². The van der Waals surface area contributed by atoms with Crippen molar-refractivity contribution in [1.29, 1.82) is 0 Å². The SMILES string of the molecule is CCOC(=O)COc1c(Br)cc(C=C2SC(=Nc3ccc(C)cc3)NC2=O)cc1Br. The number of halogens is 2. The van der Waals surface area contributed by atoms with Crippen molar-refractivity contribution < 1.29 is 19.1 Å². The average Bonchev–Trinajstić information content (AvgIpc) is 3.02. The van der Waals surface area contributed by atoms with Crippen LogP contribution in [0.4, 0.5) is 5.69 Å². The minimum atomic E-state index is -0.443. The summed E-state index contributed by atoms with van der Waals surface area (Å²) < 4.78 is 11.7. The molecule has 0 unspecified atom stereocenters. The molecule has 9 heteroatoms. The second kappa shape index (κ2) is 10.3. The Morgan fingerprint density at radius 3 is 2.50 bits per heavy atom. The Bertz CT molecular complexity index is 1010. The lowest BCUT2D eigenvalue weighted by atomic mass is 10.2. The van der Waals surface area contributed by atoms with E-state index in [9.17, 15) is 9.59 Å². The summed E-state index contributed by atoms with van der Waals surface area (Å²) in [6.07, 6.45) is 1.77. The normalized spacial score (nSPS) is 16.1. The van der Waals surface area contributed by atoms with Crippen LogP contribution in [0.1, 0.15) is 18.1 Å². The highest BCUT2D eigenvalue weighted by Crippen LogP contribution is 2.36. The van der Waals surface area contributed by atoms with Crippen molar-refractivity contribution in [1.82, 2.24) is 5.32 Å². The topological polar surface area (TPSA) is 77.0 Å². The molecule has 1 aliphatic rings. The number of hydrogen-bond donors (Lipinski definition) is 1. The molecule has 1 amide bonds. The van der Waals surface area contributed by atoms with Gasteiger partial charge in [0, 0.05) is 0 Å². The summed E-state index contributed by atoms with van der Waals surface area (Å²) in [6.45, 7) is 3.85. The van der Waals surface area contributed by atoms with Crippen LogP contribution < -0.4 is 10.1 Å². The summed E-state index contributed by atoms with van der Waals surface area (Å²) >= 11 is 8.17. The quantitative estimate of drug-likeness (QED) is 0.385. The number of hydrogen-bond acceptors (Lipinski definition) is 6. The lowest BCUT2D eigenvalue weighted by Crippen LogP contribution is -2.19. The number of rotatable bonds is 6. The molecule has 0 bridgehead atoms. The zero-order valence-electron chi connectivity index (χ0n) is 16.2. The van der Waals surface area contributed by atoms with Crippen molar-refractivity contribution in [2.45, 2.75) is 13.8 Å². The number of aryl methyl sites for hydroxylation is 1. The maximum atomic E-state index is 12.3. The van der Waals surface area contributed by atoms with E-state index in [1.807, 2.05) is 31.2 Å². The minimum absolute atomic E-state index is 0.192. The van der Waals surface area contributed by atoms with Crippen LogP contribution in [0, 0.1) is 6.92 Å². The number of aliphatic imine (C=N–C) groups is 1. The minimum Gasteiger partial charge on any atom is -0.480 e. The van der Waals surface area contributed by atoms with E-state index in [2.05, 4.69) is 42.2 Å². The van der Waals surface area contributed by atoms with Gasteiger partial charge in [0.05, 0.1) is 26.1 Å². The van der Waals surface area contributed by atoms with Crippen LogP contribution in [0.3, 0.4) is 0 Å². The van der Waals surface area contributed by atoms with Gasteiger partial charge in [-0.05, 0) is 93.4 Å². The summed E-state index contributed by atoms with van der Waals surface area (Å²) in [7, 11) is 0. The third kappa shape index (κ3) is 5.96. The highest BCUT2D eigenvalue weighted by molar-refractivity contribution is 9.11. The fourth-order valence-corrected chi connectivity index (χ4v) is 4.80. The predicted molar refractivity (Wildman–Crippen MR) is 126 cm³/mol. The van der Waals surface area contributed by atoms with Gasteiger partial charge in [0.25, 0.3) is 5.91 Å². The first kappa shape index (κ1) is 22.6. The predicted octanol–water partition coefficient (Wildman–Crippen LogP) is 5.35. The number of ether oxygens (including phenoxy) is 2. The van der Waals surface area contributed by atoms with Gasteiger partial charge in [0.2, 0.25) is 0 Å². The largest absolute Gasteiger partial charge is 0.480 e. The van der Waals surface area contributed by atoms with E-state index >= 15 is 0 Å². The third-order valence-corrected chi connectivity index (χ3v) is 5.96. The van der Waals surface area contributed by atoms with Crippen molar-refractivity contribution in [3.63, 3.8) is 0 Å². The van der Waals surface area contributed by atoms with E-state index in [1.165, 1.54) is 11.8 Å². The summed E-state index contributed by atoms with van der Waals surface area (Å²) in [5.74, 6) is -0.169. The van der Waals surface area contributed by atoms with Crippen molar-refractivity contribution >= 4 is 72.4 Å². The van der Waals surface area contributed by atoms with Gasteiger partial charge in [-0.1, -0.05) is 17.7 Å². The van der Waals surface area contributed by atoms with Crippen molar-refractivity contribution in [2.75, 3.05) is 13.2 Å². The van der Waals surface area contributed by atoms with Crippen molar-refractivity contribution in [2.24, 2.45) is 4.99 Å². The Morgan fingerprint density at radius 2 is 1.87 bits per heavy atom. The molecule has 1 fully saturated rings. The Morgan fingerprint density at radius 1 is 1.20 bits per heavy atom. The van der Waals surface area contributed by atoms with Gasteiger partial charge < -0.3 is 14.8 Å². The van der Waals surface area contributed by atoms with E-state index in [0.29, 0.717) is 31.4 Å². The molecule has 1 N–H and O–H groups in total. The molecule has 2 aromatic carbocycles. The molecule has 1 saturated heterocycles. The maximum absolute atomic E-state index is 12.3. The number of benzene rings is 2. The average molecular weight is 554 g/mol. The Kier molecular flexibility index (Phi) is 7.74. The van der Waals surface area contributed by atoms with E-state index < -0.39 is 5.97 Å². The number of carbonyl (C=O) groups excluding carboxylic acids is 2. The molecular weight excluding hydrogens is 536 g/mol. The monoisotopic (exact) mass is 552 g/mol. The Labute approximate surface area is 195 Å². The number of amidine groups is 1.